The highest BCUT2D eigenvalue weighted by atomic mass is 16.8. The molecule has 2 N–H and O–H groups in total. The third kappa shape index (κ3) is 5.34. The molecule has 0 radical (unpaired) electrons. The summed E-state index contributed by atoms with van der Waals surface area (Å²) in [4.78, 5) is 48.2. The van der Waals surface area contributed by atoms with Gasteiger partial charge in [0.25, 0.3) is 23.6 Å². The number of ether oxygens (including phenoxy) is 4. The number of hydrogen-bond acceptors (Lipinski definition) is 9. The van der Waals surface area contributed by atoms with Gasteiger partial charge >= 0.3 is 0 Å². The molecule has 2 fully saturated rings. The number of benzene rings is 2. The van der Waals surface area contributed by atoms with Crippen LogP contribution in [-0.4, -0.2) is 81.8 Å². The van der Waals surface area contributed by atoms with Crippen molar-refractivity contribution < 1.29 is 43.2 Å². The summed E-state index contributed by atoms with van der Waals surface area (Å²) in [6.07, 6.45) is 5.97. The largest absolute Gasteiger partial charge is 0.386 e. The molecular weight excluding hydrogens is 556 g/mol. The van der Waals surface area contributed by atoms with E-state index >= 15 is 0 Å². The van der Waals surface area contributed by atoms with Crippen molar-refractivity contribution in [1.82, 2.24) is 10.2 Å². The maximum Gasteiger partial charge on any atom is 0.262 e. The summed E-state index contributed by atoms with van der Waals surface area (Å²) in [5.41, 5.74) is 1.85. The summed E-state index contributed by atoms with van der Waals surface area (Å²) < 4.78 is 22.5. The van der Waals surface area contributed by atoms with Gasteiger partial charge < -0.3 is 24.1 Å². The molecule has 0 saturated carbocycles. The molecule has 4 amide bonds. The summed E-state index contributed by atoms with van der Waals surface area (Å²) in [5.74, 6) is -2.37. The fraction of sp³-hybridized carbons (Fsp3) is 0.375. The van der Waals surface area contributed by atoms with Gasteiger partial charge in [0.15, 0.2) is 11.6 Å². The molecule has 2 saturated heterocycles. The number of carbonyl (C=O) groups excluding carboxylic acids is 4. The molecule has 4 aliphatic heterocycles. The van der Waals surface area contributed by atoms with Crippen LogP contribution in [0.4, 0.5) is 0 Å². The molecule has 2 aromatic carbocycles. The predicted octanol–water partition coefficient (Wildman–Crippen LogP) is 2.75. The summed E-state index contributed by atoms with van der Waals surface area (Å²) in [6, 6.07) is 13.2. The van der Waals surface area contributed by atoms with Crippen LogP contribution in [0, 0.1) is 0 Å². The normalized spacial score (nSPS) is 31.5. The van der Waals surface area contributed by atoms with E-state index in [1.165, 1.54) is 4.90 Å². The Hall–Kier alpha value is -4.00. The van der Waals surface area contributed by atoms with Gasteiger partial charge in [-0.05, 0) is 52.0 Å². The number of amides is 4. The molecule has 11 nitrogen and oxygen atoms in total. The molecule has 11 heteroatoms. The number of aliphatic hydroxyl groups excluding tert-OH is 1. The van der Waals surface area contributed by atoms with E-state index in [0.29, 0.717) is 22.3 Å². The third-order valence-corrected chi connectivity index (χ3v) is 7.76. The first kappa shape index (κ1) is 29.1. The van der Waals surface area contributed by atoms with Crippen LogP contribution in [0.15, 0.2) is 72.8 Å². The maximum absolute atomic E-state index is 12.5. The number of fused-ring (bicyclic) bond motifs is 4. The molecule has 0 spiro atoms. The molecule has 224 valence electrons. The minimum absolute atomic E-state index is 0.0556. The SMILES string of the molecule is CC1(C)O[C@H]2[C@@H](O)C=C[C@H]2O1.CC1(C)O[C@H]2[C@H](N3C(=O)c4ccccc4C3=O)C=C[C@H]2O1.O=C1NC(=O)c2ccccc21. The first-order valence-electron chi connectivity index (χ1n) is 14.0. The Morgan fingerprint density at radius 2 is 1.07 bits per heavy atom. The number of carbonyl (C=O) groups is 4. The number of aliphatic hydroxyl groups is 1. The van der Waals surface area contributed by atoms with Crippen molar-refractivity contribution >= 4 is 23.6 Å². The summed E-state index contributed by atoms with van der Waals surface area (Å²) >= 11 is 0. The van der Waals surface area contributed by atoms with E-state index in [1.54, 1.807) is 54.6 Å². The van der Waals surface area contributed by atoms with Crippen molar-refractivity contribution in [1.29, 1.82) is 0 Å². The second-order valence-electron chi connectivity index (χ2n) is 11.7. The van der Waals surface area contributed by atoms with E-state index < -0.39 is 23.7 Å². The zero-order valence-electron chi connectivity index (χ0n) is 24.1. The van der Waals surface area contributed by atoms with E-state index in [0.717, 1.165) is 0 Å². The van der Waals surface area contributed by atoms with Crippen LogP contribution < -0.4 is 5.32 Å². The van der Waals surface area contributed by atoms with Gasteiger partial charge in [0.05, 0.1) is 28.3 Å². The lowest BCUT2D eigenvalue weighted by Gasteiger charge is -2.27. The number of hydrogen-bond donors (Lipinski definition) is 2. The van der Waals surface area contributed by atoms with Crippen molar-refractivity contribution in [2.24, 2.45) is 0 Å². The third-order valence-electron chi connectivity index (χ3n) is 7.76. The molecule has 6 atom stereocenters. The highest BCUT2D eigenvalue weighted by molar-refractivity contribution is 6.22. The molecule has 0 unspecified atom stereocenters. The van der Waals surface area contributed by atoms with E-state index in [-0.39, 0.29) is 48.0 Å². The fourth-order valence-electron chi connectivity index (χ4n) is 5.95. The first-order valence-corrected chi connectivity index (χ1v) is 14.0. The van der Waals surface area contributed by atoms with Crippen molar-refractivity contribution in [2.45, 2.75) is 75.8 Å². The second-order valence-corrected chi connectivity index (χ2v) is 11.7. The van der Waals surface area contributed by atoms with Gasteiger partial charge in [-0.1, -0.05) is 48.6 Å². The highest BCUT2D eigenvalue weighted by Gasteiger charge is 2.52. The van der Waals surface area contributed by atoms with Crippen molar-refractivity contribution in [3.63, 3.8) is 0 Å². The Morgan fingerprint density at radius 3 is 1.58 bits per heavy atom. The van der Waals surface area contributed by atoms with E-state index in [4.69, 9.17) is 18.9 Å². The molecule has 6 aliphatic rings. The van der Waals surface area contributed by atoms with Crippen LogP contribution in [-0.2, 0) is 18.9 Å². The van der Waals surface area contributed by atoms with E-state index in [9.17, 15) is 24.3 Å². The van der Waals surface area contributed by atoms with Crippen LogP contribution >= 0.6 is 0 Å². The Morgan fingerprint density at radius 1 is 0.628 bits per heavy atom. The first-order chi connectivity index (χ1) is 20.3. The average Bonchev–Trinajstić information content (AvgIpc) is 3.76. The topological polar surface area (TPSA) is 141 Å². The smallest absolute Gasteiger partial charge is 0.262 e. The number of nitrogens with zero attached hydrogens (tertiary/aromatic N) is 1. The van der Waals surface area contributed by atoms with Crippen LogP contribution in [0.1, 0.15) is 69.1 Å². The number of rotatable bonds is 1. The highest BCUT2D eigenvalue weighted by Crippen LogP contribution is 2.39. The van der Waals surface area contributed by atoms with Crippen LogP contribution in [0.5, 0.6) is 0 Å². The molecule has 8 rings (SSSR count). The molecule has 2 aliphatic carbocycles. The van der Waals surface area contributed by atoms with Gasteiger partial charge in [-0.2, -0.15) is 0 Å². The molecule has 0 aromatic heterocycles. The van der Waals surface area contributed by atoms with Gasteiger partial charge in [-0.15, -0.1) is 0 Å². The quantitative estimate of drug-likeness (QED) is 0.380. The molecule has 0 bridgehead atoms. The molecular formula is C32H32N2O9. The van der Waals surface area contributed by atoms with Crippen LogP contribution in [0.25, 0.3) is 0 Å². The van der Waals surface area contributed by atoms with Crippen molar-refractivity contribution in [3.8, 4) is 0 Å². The van der Waals surface area contributed by atoms with Crippen molar-refractivity contribution in [3.05, 3.63) is 95.1 Å². The van der Waals surface area contributed by atoms with Gasteiger partial charge in [-0.3, -0.25) is 29.4 Å². The van der Waals surface area contributed by atoms with Crippen LogP contribution in [0.2, 0.25) is 0 Å². The lowest BCUT2D eigenvalue weighted by molar-refractivity contribution is -0.152. The second kappa shape index (κ2) is 10.6. The Balaban J connectivity index is 0.000000126. The Labute approximate surface area is 248 Å². The predicted molar refractivity (Wildman–Crippen MR) is 151 cm³/mol. The minimum atomic E-state index is -0.697. The Bertz CT molecular complexity index is 1490. The molecule has 43 heavy (non-hydrogen) atoms. The average molecular weight is 589 g/mol. The summed E-state index contributed by atoms with van der Waals surface area (Å²) in [5, 5.41) is 11.5. The maximum atomic E-state index is 12.5. The van der Waals surface area contributed by atoms with E-state index in [1.807, 2.05) is 45.9 Å². The van der Waals surface area contributed by atoms with Gasteiger partial charge in [-0.25, -0.2) is 0 Å². The zero-order chi connectivity index (χ0) is 30.7. The van der Waals surface area contributed by atoms with Crippen molar-refractivity contribution in [2.75, 3.05) is 0 Å². The summed E-state index contributed by atoms with van der Waals surface area (Å²) in [7, 11) is 0. The van der Waals surface area contributed by atoms with E-state index in [2.05, 4.69) is 5.32 Å². The minimum Gasteiger partial charge on any atom is -0.386 e. The van der Waals surface area contributed by atoms with Gasteiger partial charge in [0.2, 0.25) is 0 Å². The molecule has 2 aromatic rings. The summed E-state index contributed by atoms with van der Waals surface area (Å²) in [6.45, 7) is 7.37. The monoisotopic (exact) mass is 588 g/mol. The number of nitrogens with one attached hydrogen (secondary N) is 1. The number of imide groups is 2. The fourth-order valence-corrected chi connectivity index (χ4v) is 5.95. The van der Waals surface area contributed by atoms with Gasteiger partial charge in [0, 0.05) is 0 Å². The zero-order valence-corrected chi connectivity index (χ0v) is 24.1. The Kier molecular flexibility index (Phi) is 7.18. The van der Waals surface area contributed by atoms with Crippen LogP contribution in [0.3, 0.4) is 0 Å². The van der Waals surface area contributed by atoms with Gasteiger partial charge in [0.1, 0.15) is 30.5 Å². The lowest BCUT2D eigenvalue weighted by atomic mass is 10.1. The lowest BCUT2D eigenvalue weighted by Crippen LogP contribution is -2.46. The standard InChI is InChI=1S/C16H15NO4.C8H5NO2.C8H12O3/c1-16(2)20-12-8-7-11(13(12)21-16)17-14(18)9-5-3-4-6-10(9)15(17)19;10-7-5-3-1-2-4-6(5)8(11)9-7;1-8(2)10-6-4-3-5(9)7(6)11-8/h3-8,11-13H,1-2H3;1-4H,(H,9,10,11);3-7,9H,1-2H3/t11-,12-,13+;;5-,6+,7-/m1.0/s1. The molecule has 4 heterocycles.